The minimum Gasteiger partial charge on any atom is -0.246 e. The van der Waals surface area contributed by atoms with Gasteiger partial charge in [-0.05, 0) is 6.92 Å². The summed E-state index contributed by atoms with van der Waals surface area (Å²) >= 11 is 5.68. The van der Waals surface area contributed by atoms with Crippen LogP contribution in [0.15, 0.2) is 18.9 Å². The molecule has 1 aromatic heterocycles. The Morgan fingerprint density at radius 2 is 2.60 bits per heavy atom. The van der Waals surface area contributed by atoms with E-state index < -0.39 is 0 Å². The van der Waals surface area contributed by atoms with Gasteiger partial charge in [0.05, 0.1) is 5.69 Å². The van der Waals surface area contributed by atoms with Crippen LogP contribution in [0.1, 0.15) is 11.5 Å². The molecule has 2 nitrogen and oxygen atoms in total. The summed E-state index contributed by atoms with van der Waals surface area (Å²) in [5, 5.41) is 0. The van der Waals surface area contributed by atoms with Gasteiger partial charge in [0, 0.05) is 24.4 Å². The zero-order valence-corrected chi connectivity index (χ0v) is 6.60. The molecule has 1 aromatic rings. The number of allylic oxidation sites excluding steroid dienone is 1. The lowest BCUT2D eigenvalue weighted by molar-refractivity contribution is 1.06. The quantitative estimate of drug-likeness (QED) is 0.599. The summed E-state index contributed by atoms with van der Waals surface area (Å²) in [6.45, 7) is 5.46. The Hall–Kier alpha value is -0.760. The molecule has 0 fully saturated rings. The van der Waals surface area contributed by atoms with Crippen LogP contribution >= 0.6 is 11.8 Å². The third kappa shape index (κ3) is 1.39. The summed E-state index contributed by atoms with van der Waals surface area (Å²) < 4.78 is 1.48. The minimum atomic E-state index is 0.778. The van der Waals surface area contributed by atoms with Crippen LogP contribution in [0.4, 0.5) is 0 Å². The number of hydrogen-bond donors (Lipinski definition) is 0. The molecule has 0 N–H and O–H groups in total. The van der Waals surface area contributed by atoms with E-state index in [9.17, 15) is 0 Å². The molecule has 0 bridgehead atoms. The molecule has 0 aromatic carbocycles. The van der Waals surface area contributed by atoms with Crippen molar-refractivity contribution in [3.05, 3.63) is 30.4 Å². The van der Waals surface area contributed by atoms with E-state index in [0.29, 0.717) is 0 Å². The standard InChI is InChI=1S/C7H9ClN2/c1-3-4-7-5-10(8)6(2)9-7/h3,5H,1,4H2,2H3. The fourth-order valence-electron chi connectivity index (χ4n) is 0.755. The molecule has 1 heterocycles. The zero-order valence-electron chi connectivity index (χ0n) is 5.84. The Bertz CT molecular complexity index is 220. The highest BCUT2D eigenvalue weighted by molar-refractivity contribution is 6.15. The minimum absolute atomic E-state index is 0.778. The smallest absolute Gasteiger partial charge is 0.120 e. The van der Waals surface area contributed by atoms with Crippen molar-refractivity contribution in [3.63, 3.8) is 0 Å². The van der Waals surface area contributed by atoms with E-state index in [-0.39, 0.29) is 0 Å². The van der Waals surface area contributed by atoms with Gasteiger partial charge < -0.3 is 0 Å². The number of nitrogens with zero attached hydrogens (tertiary/aromatic N) is 2. The third-order valence-electron chi connectivity index (χ3n) is 1.23. The van der Waals surface area contributed by atoms with Gasteiger partial charge in [-0.15, -0.1) is 6.58 Å². The largest absolute Gasteiger partial charge is 0.246 e. The van der Waals surface area contributed by atoms with Crippen LogP contribution in [0.5, 0.6) is 0 Å². The fourth-order valence-corrected chi connectivity index (χ4v) is 0.905. The molecule has 54 valence electrons. The van der Waals surface area contributed by atoms with E-state index in [4.69, 9.17) is 11.8 Å². The molecule has 0 spiro atoms. The van der Waals surface area contributed by atoms with Crippen molar-refractivity contribution in [2.75, 3.05) is 0 Å². The van der Waals surface area contributed by atoms with E-state index in [2.05, 4.69) is 11.6 Å². The number of aromatic nitrogens is 2. The summed E-state index contributed by atoms with van der Waals surface area (Å²) in [4.78, 5) is 4.16. The third-order valence-corrected chi connectivity index (χ3v) is 1.57. The molecular formula is C7H9ClN2. The van der Waals surface area contributed by atoms with Gasteiger partial charge in [0.25, 0.3) is 0 Å². The van der Waals surface area contributed by atoms with Gasteiger partial charge in [-0.3, -0.25) is 0 Å². The van der Waals surface area contributed by atoms with Crippen molar-refractivity contribution < 1.29 is 0 Å². The molecule has 0 saturated heterocycles. The Labute approximate surface area is 65.3 Å². The highest BCUT2D eigenvalue weighted by Crippen LogP contribution is 2.04. The molecule has 0 atom stereocenters. The van der Waals surface area contributed by atoms with Crippen LogP contribution in [0.3, 0.4) is 0 Å². The van der Waals surface area contributed by atoms with Crippen LogP contribution in [0.2, 0.25) is 0 Å². The van der Waals surface area contributed by atoms with E-state index >= 15 is 0 Å². The van der Waals surface area contributed by atoms with Crippen LogP contribution in [0, 0.1) is 6.92 Å². The van der Waals surface area contributed by atoms with Crippen molar-refractivity contribution >= 4 is 11.8 Å². The first kappa shape index (κ1) is 7.35. The maximum absolute atomic E-state index is 5.68. The molecule has 0 unspecified atom stereocenters. The lowest BCUT2D eigenvalue weighted by Crippen LogP contribution is -1.80. The second-order valence-electron chi connectivity index (χ2n) is 2.08. The number of rotatable bonds is 2. The predicted octanol–water partition coefficient (Wildman–Crippen LogP) is 1.92. The normalized spacial score (nSPS) is 9.80. The highest BCUT2D eigenvalue weighted by Gasteiger charge is 1.98. The van der Waals surface area contributed by atoms with Crippen LogP contribution in [-0.2, 0) is 6.42 Å². The summed E-state index contributed by atoms with van der Waals surface area (Å²) in [7, 11) is 0. The van der Waals surface area contributed by atoms with Gasteiger partial charge in [-0.2, -0.15) is 0 Å². The van der Waals surface area contributed by atoms with Gasteiger partial charge in [-0.25, -0.2) is 9.07 Å². The molecule has 0 aliphatic heterocycles. The van der Waals surface area contributed by atoms with Crippen molar-refractivity contribution in [2.24, 2.45) is 0 Å². The average molecular weight is 157 g/mol. The molecule has 0 aliphatic rings. The first-order valence-corrected chi connectivity index (χ1v) is 3.39. The SMILES string of the molecule is C=CCc1cn(Cl)c(C)n1. The first-order valence-electron chi connectivity index (χ1n) is 3.06. The maximum Gasteiger partial charge on any atom is 0.120 e. The highest BCUT2D eigenvalue weighted by atomic mass is 35.5. The first-order chi connectivity index (χ1) is 4.74. The maximum atomic E-state index is 5.68. The van der Waals surface area contributed by atoms with Gasteiger partial charge >= 0.3 is 0 Å². The Morgan fingerprint density at radius 3 is 3.00 bits per heavy atom. The predicted molar refractivity (Wildman–Crippen MR) is 42.1 cm³/mol. The number of imidazole rings is 1. The molecule has 0 amide bonds. The Balaban J connectivity index is 2.86. The molecule has 10 heavy (non-hydrogen) atoms. The zero-order chi connectivity index (χ0) is 7.56. The van der Waals surface area contributed by atoms with Crippen LogP contribution in [-0.4, -0.2) is 9.07 Å². The summed E-state index contributed by atoms with van der Waals surface area (Å²) in [6.07, 6.45) is 4.37. The van der Waals surface area contributed by atoms with Gasteiger partial charge in [0.1, 0.15) is 5.82 Å². The van der Waals surface area contributed by atoms with Crippen molar-refractivity contribution in [3.8, 4) is 0 Å². The number of aryl methyl sites for hydroxylation is 1. The lowest BCUT2D eigenvalue weighted by atomic mass is 10.3. The van der Waals surface area contributed by atoms with Crippen molar-refractivity contribution in [1.82, 2.24) is 9.07 Å². The van der Waals surface area contributed by atoms with E-state index in [1.807, 2.05) is 6.92 Å². The topological polar surface area (TPSA) is 17.8 Å². The Morgan fingerprint density at radius 1 is 1.90 bits per heavy atom. The van der Waals surface area contributed by atoms with Crippen molar-refractivity contribution in [1.29, 1.82) is 0 Å². The second kappa shape index (κ2) is 2.88. The van der Waals surface area contributed by atoms with E-state index in [1.165, 1.54) is 4.09 Å². The van der Waals surface area contributed by atoms with Gasteiger partial charge in [0.2, 0.25) is 0 Å². The molecule has 0 aliphatic carbocycles. The number of hydrogen-bond acceptors (Lipinski definition) is 1. The fraction of sp³-hybridized carbons (Fsp3) is 0.286. The van der Waals surface area contributed by atoms with E-state index in [0.717, 1.165) is 17.9 Å². The Kier molecular flexibility index (Phi) is 2.12. The molecule has 1 rings (SSSR count). The lowest BCUT2D eigenvalue weighted by Gasteiger charge is -1.83. The summed E-state index contributed by atoms with van der Waals surface area (Å²) in [5.74, 6) is 0.818. The summed E-state index contributed by atoms with van der Waals surface area (Å²) in [5.41, 5.74) is 0.961. The molecule has 0 radical (unpaired) electrons. The van der Waals surface area contributed by atoms with Gasteiger partial charge in [0.15, 0.2) is 0 Å². The van der Waals surface area contributed by atoms with E-state index in [1.54, 1.807) is 12.3 Å². The van der Waals surface area contributed by atoms with Crippen LogP contribution in [0.25, 0.3) is 0 Å². The van der Waals surface area contributed by atoms with Crippen LogP contribution < -0.4 is 0 Å². The van der Waals surface area contributed by atoms with Crippen molar-refractivity contribution in [2.45, 2.75) is 13.3 Å². The molecule has 0 saturated carbocycles. The summed E-state index contributed by atoms with van der Waals surface area (Å²) in [6, 6.07) is 0. The van der Waals surface area contributed by atoms with Gasteiger partial charge in [-0.1, -0.05) is 6.08 Å². The molecular weight excluding hydrogens is 148 g/mol. The average Bonchev–Trinajstić information content (AvgIpc) is 2.14. The monoisotopic (exact) mass is 156 g/mol. The molecule has 3 heteroatoms. The second-order valence-corrected chi connectivity index (χ2v) is 2.45. The number of halogens is 1.